The van der Waals surface area contributed by atoms with Gasteiger partial charge < -0.3 is 9.84 Å². The van der Waals surface area contributed by atoms with E-state index in [2.05, 4.69) is 0 Å². The maximum atomic E-state index is 11.6. The molecule has 0 radical (unpaired) electrons. The van der Waals surface area contributed by atoms with Crippen LogP contribution in [0.2, 0.25) is 0 Å². The van der Waals surface area contributed by atoms with Crippen LogP contribution in [0.5, 0.6) is 0 Å². The molecule has 1 spiro atoms. The van der Waals surface area contributed by atoms with Crippen molar-refractivity contribution in [1.29, 1.82) is 0 Å². The lowest BCUT2D eigenvalue weighted by Gasteiger charge is -2.33. The van der Waals surface area contributed by atoms with Crippen molar-refractivity contribution in [3.63, 3.8) is 0 Å². The third kappa shape index (κ3) is 3.29. The summed E-state index contributed by atoms with van der Waals surface area (Å²) in [4.78, 5) is 11.6. The smallest absolute Gasteiger partial charge is 0.311 e. The van der Waals surface area contributed by atoms with Gasteiger partial charge in [0.2, 0.25) is 0 Å². The third-order valence-electron chi connectivity index (χ3n) is 5.10. The van der Waals surface area contributed by atoms with E-state index in [0.717, 1.165) is 31.2 Å². The van der Waals surface area contributed by atoms with Crippen LogP contribution in [-0.4, -0.2) is 22.8 Å². The molecule has 1 N–H and O–H groups in total. The summed E-state index contributed by atoms with van der Waals surface area (Å²) in [7, 11) is 0. The van der Waals surface area contributed by atoms with E-state index >= 15 is 0 Å². The number of hydrogen-bond donors (Lipinski definition) is 1. The highest BCUT2D eigenvalue weighted by Crippen LogP contribution is 2.44. The molecule has 3 heteroatoms. The second-order valence-corrected chi connectivity index (χ2v) is 6.56. The Hall–Kier alpha value is -1.35. The molecular weight excluding hydrogens is 264 g/mol. The van der Waals surface area contributed by atoms with Gasteiger partial charge in [-0.05, 0) is 37.7 Å². The average Bonchev–Trinajstić information content (AvgIpc) is 2.89. The van der Waals surface area contributed by atoms with Gasteiger partial charge in [0.05, 0.1) is 17.6 Å². The zero-order chi connectivity index (χ0) is 14.7. The molecule has 21 heavy (non-hydrogen) atoms. The number of aliphatic carboxylic acids is 1. The topological polar surface area (TPSA) is 46.5 Å². The molecular formula is C18H24O3. The lowest BCUT2D eigenvalue weighted by molar-refractivity contribution is -0.140. The molecule has 2 fully saturated rings. The summed E-state index contributed by atoms with van der Waals surface area (Å²) in [5.41, 5.74) is 0.959. The second-order valence-electron chi connectivity index (χ2n) is 6.56. The Morgan fingerprint density at radius 1 is 1.19 bits per heavy atom. The predicted octanol–water partition coefficient (Wildman–Crippen LogP) is 4.13. The van der Waals surface area contributed by atoms with E-state index in [-0.39, 0.29) is 11.7 Å². The summed E-state index contributed by atoms with van der Waals surface area (Å²) >= 11 is 0. The molecule has 0 amide bonds. The fraction of sp³-hybridized carbons (Fsp3) is 0.611. The van der Waals surface area contributed by atoms with Gasteiger partial charge in [-0.3, -0.25) is 4.79 Å². The maximum Gasteiger partial charge on any atom is 0.311 e. The van der Waals surface area contributed by atoms with Crippen LogP contribution in [-0.2, 0) is 9.53 Å². The van der Waals surface area contributed by atoms with Crippen molar-refractivity contribution in [2.45, 2.75) is 69.0 Å². The first kappa shape index (κ1) is 14.6. The van der Waals surface area contributed by atoms with Gasteiger partial charge in [0.1, 0.15) is 0 Å². The molecule has 2 atom stereocenters. The molecule has 1 aromatic rings. The molecule has 2 aliphatic rings. The van der Waals surface area contributed by atoms with Crippen LogP contribution in [0.3, 0.4) is 0 Å². The lowest BCUT2D eigenvalue weighted by atomic mass is 9.83. The Balaban J connectivity index is 1.66. The number of hydrogen-bond acceptors (Lipinski definition) is 2. The number of carboxylic acid groups (broad SMARTS) is 1. The second kappa shape index (κ2) is 6.18. The summed E-state index contributed by atoms with van der Waals surface area (Å²) in [5, 5.41) is 9.53. The number of benzene rings is 1. The van der Waals surface area contributed by atoms with Gasteiger partial charge in [0, 0.05) is 0 Å². The van der Waals surface area contributed by atoms with Gasteiger partial charge in [0.15, 0.2) is 0 Å². The van der Waals surface area contributed by atoms with Crippen molar-refractivity contribution in [2.24, 2.45) is 0 Å². The Kier molecular flexibility index (Phi) is 4.29. The Labute approximate surface area is 126 Å². The molecule has 1 aromatic carbocycles. The molecule has 1 aliphatic carbocycles. The average molecular weight is 288 g/mol. The molecule has 0 bridgehead atoms. The molecule has 3 rings (SSSR count). The van der Waals surface area contributed by atoms with Crippen LogP contribution < -0.4 is 0 Å². The first-order valence-electron chi connectivity index (χ1n) is 8.14. The van der Waals surface area contributed by atoms with Crippen LogP contribution >= 0.6 is 0 Å². The van der Waals surface area contributed by atoms with Gasteiger partial charge in [-0.2, -0.15) is 0 Å². The van der Waals surface area contributed by atoms with Crippen LogP contribution in [0.4, 0.5) is 0 Å². The monoisotopic (exact) mass is 288 g/mol. The molecule has 2 unspecified atom stereocenters. The standard InChI is InChI=1S/C18H24O3/c19-17(20)16(14-7-3-1-4-8-14)13-15-9-12-18(21-15)10-5-2-6-11-18/h1,3-4,7-8,15-16H,2,5-6,9-13H2,(H,19,20). The van der Waals surface area contributed by atoms with Gasteiger partial charge in [-0.25, -0.2) is 0 Å². The first-order chi connectivity index (χ1) is 10.2. The van der Waals surface area contributed by atoms with E-state index in [4.69, 9.17) is 4.74 Å². The van der Waals surface area contributed by atoms with E-state index in [1.165, 1.54) is 19.3 Å². The summed E-state index contributed by atoms with van der Waals surface area (Å²) in [6.45, 7) is 0. The van der Waals surface area contributed by atoms with Crippen LogP contribution in [0, 0.1) is 0 Å². The minimum Gasteiger partial charge on any atom is -0.481 e. The molecule has 1 saturated carbocycles. The van der Waals surface area contributed by atoms with Crippen LogP contribution in [0.1, 0.15) is 62.8 Å². The molecule has 1 aliphatic heterocycles. The zero-order valence-corrected chi connectivity index (χ0v) is 12.5. The Bertz CT molecular complexity index is 476. The summed E-state index contributed by atoms with van der Waals surface area (Å²) < 4.78 is 6.33. The highest BCUT2D eigenvalue weighted by Gasteiger charge is 2.42. The first-order valence-corrected chi connectivity index (χ1v) is 8.14. The molecule has 1 heterocycles. The van der Waals surface area contributed by atoms with Gasteiger partial charge >= 0.3 is 5.97 Å². The van der Waals surface area contributed by atoms with Crippen molar-refractivity contribution in [3.05, 3.63) is 35.9 Å². The van der Waals surface area contributed by atoms with E-state index in [1.54, 1.807) is 0 Å². The zero-order valence-electron chi connectivity index (χ0n) is 12.5. The number of rotatable bonds is 4. The van der Waals surface area contributed by atoms with E-state index < -0.39 is 11.9 Å². The minimum absolute atomic E-state index is 0.0721. The van der Waals surface area contributed by atoms with E-state index in [1.807, 2.05) is 30.3 Å². The SMILES string of the molecule is O=C(O)C(CC1CCC2(CCCCC2)O1)c1ccccc1. The maximum absolute atomic E-state index is 11.6. The number of ether oxygens (including phenoxy) is 1. The van der Waals surface area contributed by atoms with Gasteiger partial charge in [-0.15, -0.1) is 0 Å². The van der Waals surface area contributed by atoms with Gasteiger partial charge in [0.25, 0.3) is 0 Å². The summed E-state index contributed by atoms with van der Waals surface area (Å²) in [6, 6.07) is 9.55. The highest BCUT2D eigenvalue weighted by atomic mass is 16.5. The predicted molar refractivity (Wildman–Crippen MR) is 81.4 cm³/mol. The van der Waals surface area contributed by atoms with E-state index in [9.17, 15) is 9.90 Å². The summed E-state index contributed by atoms with van der Waals surface area (Å²) in [5.74, 6) is -1.19. The molecule has 1 saturated heterocycles. The quantitative estimate of drug-likeness (QED) is 0.906. The number of carboxylic acids is 1. The third-order valence-corrected chi connectivity index (χ3v) is 5.10. The molecule has 3 nitrogen and oxygen atoms in total. The Morgan fingerprint density at radius 3 is 2.57 bits per heavy atom. The van der Waals surface area contributed by atoms with Gasteiger partial charge in [-0.1, -0.05) is 49.6 Å². The molecule has 0 aromatic heterocycles. The van der Waals surface area contributed by atoms with Crippen molar-refractivity contribution >= 4 is 5.97 Å². The number of carbonyl (C=O) groups is 1. The van der Waals surface area contributed by atoms with Crippen LogP contribution in [0.25, 0.3) is 0 Å². The van der Waals surface area contributed by atoms with Crippen molar-refractivity contribution in [3.8, 4) is 0 Å². The fourth-order valence-corrected chi connectivity index (χ4v) is 3.95. The lowest BCUT2D eigenvalue weighted by Crippen LogP contribution is -2.32. The van der Waals surface area contributed by atoms with Crippen LogP contribution in [0.15, 0.2) is 30.3 Å². The normalized spacial score (nSPS) is 25.8. The van der Waals surface area contributed by atoms with Crippen molar-refractivity contribution in [1.82, 2.24) is 0 Å². The minimum atomic E-state index is -0.741. The largest absolute Gasteiger partial charge is 0.481 e. The highest BCUT2D eigenvalue weighted by molar-refractivity contribution is 5.76. The molecule has 114 valence electrons. The Morgan fingerprint density at radius 2 is 1.90 bits per heavy atom. The van der Waals surface area contributed by atoms with E-state index in [0.29, 0.717) is 6.42 Å². The fourth-order valence-electron chi connectivity index (χ4n) is 3.95. The summed E-state index contributed by atoms with van der Waals surface area (Å²) in [6.07, 6.45) is 8.97. The van der Waals surface area contributed by atoms with Crippen molar-refractivity contribution in [2.75, 3.05) is 0 Å². The van der Waals surface area contributed by atoms with Crippen molar-refractivity contribution < 1.29 is 14.6 Å².